The van der Waals surface area contributed by atoms with Crippen LogP contribution in [0.25, 0.3) is 16.9 Å². The number of pyridine rings is 1. The smallest absolute Gasteiger partial charge is 0.212 e. The molecule has 0 saturated heterocycles. The first-order valence-electron chi connectivity index (χ1n) is 5.15. The number of imidazole rings is 1. The summed E-state index contributed by atoms with van der Waals surface area (Å²) in [5.41, 5.74) is 1.04. The van der Waals surface area contributed by atoms with E-state index in [1.165, 1.54) is 16.7 Å². The van der Waals surface area contributed by atoms with Crippen LogP contribution in [-0.4, -0.2) is 19.6 Å². The molecular formula is C12H7ClFN3O. The van der Waals surface area contributed by atoms with Crippen molar-refractivity contribution in [2.75, 3.05) is 0 Å². The van der Waals surface area contributed by atoms with Gasteiger partial charge in [0, 0.05) is 6.07 Å². The van der Waals surface area contributed by atoms with Crippen molar-refractivity contribution in [1.29, 1.82) is 0 Å². The summed E-state index contributed by atoms with van der Waals surface area (Å²) in [4.78, 5) is 7.98. The molecule has 0 saturated carbocycles. The van der Waals surface area contributed by atoms with Crippen LogP contribution < -0.4 is 0 Å². The number of fused-ring (bicyclic) bond motifs is 1. The first-order valence-corrected chi connectivity index (χ1v) is 5.53. The van der Waals surface area contributed by atoms with E-state index in [-0.39, 0.29) is 16.9 Å². The number of aromatic nitrogens is 3. The van der Waals surface area contributed by atoms with Gasteiger partial charge in [0.2, 0.25) is 11.2 Å². The zero-order chi connectivity index (χ0) is 12.7. The summed E-state index contributed by atoms with van der Waals surface area (Å²) in [6, 6.07) is 9.12. The summed E-state index contributed by atoms with van der Waals surface area (Å²) in [5.74, 6) is -0.611. The lowest BCUT2D eigenvalue weighted by Crippen LogP contribution is -1.98. The Morgan fingerprint density at radius 1 is 1.11 bits per heavy atom. The fraction of sp³-hybridized carbons (Fsp3) is 0. The second kappa shape index (κ2) is 3.96. The zero-order valence-electron chi connectivity index (χ0n) is 9.01. The zero-order valence-corrected chi connectivity index (χ0v) is 9.76. The van der Waals surface area contributed by atoms with Crippen molar-refractivity contribution in [3.63, 3.8) is 0 Å². The van der Waals surface area contributed by atoms with Crippen LogP contribution in [0.1, 0.15) is 0 Å². The maximum absolute atomic E-state index is 13.8. The molecule has 3 aromatic rings. The van der Waals surface area contributed by atoms with Crippen molar-refractivity contribution in [3.8, 4) is 11.6 Å². The van der Waals surface area contributed by atoms with Gasteiger partial charge in [-0.1, -0.05) is 12.1 Å². The first-order chi connectivity index (χ1) is 8.66. The third-order valence-corrected chi connectivity index (χ3v) is 2.80. The van der Waals surface area contributed by atoms with E-state index in [2.05, 4.69) is 9.97 Å². The summed E-state index contributed by atoms with van der Waals surface area (Å²) in [7, 11) is 0. The topological polar surface area (TPSA) is 50.9 Å². The molecule has 18 heavy (non-hydrogen) atoms. The van der Waals surface area contributed by atoms with Crippen LogP contribution in [0.2, 0.25) is 5.28 Å². The van der Waals surface area contributed by atoms with Gasteiger partial charge in [-0.05, 0) is 29.8 Å². The average molecular weight is 264 g/mol. The lowest BCUT2D eigenvalue weighted by molar-refractivity contribution is 0.455. The summed E-state index contributed by atoms with van der Waals surface area (Å²) >= 11 is 5.99. The second-order valence-corrected chi connectivity index (χ2v) is 4.02. The van der Waals surface area contributed by atoms with E-state index < -0.39 is 5.82 Å². The van der Waals surface area contributed by atoms with Gasteiger partial charge in [-0.25, -0.2) is 9.37 Å². The molecule has 2 heterocycles. The molecule has 0 amide bonds. The number of hydrogen-bond donors (Lipinski definition) is 1. The van der Waals surface area contributed by atoms with Crippen molar-refractivity contribution in [2.45, 2.75) is 0 Å². The third-order valence-electron chi connectivity index (χ3n) is 2.54. The predicted octanol–water partition coefficient (Wildman–Crippen LogP) is 2.92. The third kappa shape index (κ3) is 1.60. The molecule has 0 aliphatic carbocycles. The van der Waals surface area contributed by atoms with Crippen LogP contribution in [-0.2, 0) is 0 Å². The van der Waals surface area contributed by atoms with Gasteiger partial charge in [-0.2, -0.15) is 4.98 Å². The highest BCUT2D eigenvalue weighted by Crippen LogP contribution is 2.26. The Bertz CT molecular complexity index is 741. The van der Waals surface area contributed by atoms with Gasteiger partial charge in [0.25, 0.3) is 0 Å². The number of para-hydroxylation sites is 1. The Balaban J connectivity index is 2.38. The molecule has 1 aromatic carbocycles. The van der Waals surface area contributed by atoms with Crippen molar-refractivity contribution < 1.29 is 9.50 Å². The van der Waals surface area contributed by atoms with Crippen LogP contribution >= 0.6 is 11.6 Å². The van der Waals surface area contributed by atoms with Crippen molar-refractivity contribution in [1.82, 2.24) is 14.5 Å². The molecule has 90 valence electrons. The molecule has 0 unspecified atom stereocenters. The molecule has 6 heteroatoms. The maximum atomic E-state index is 13.8. The Morgan fingerprint density at radius 2 is 1.89 bits per heavy atom. The van der Waals surface area contributed by atoms with Crippen molar-refractivity contribution >= 4 is 22.8 Å². The van der Waals surface area contributed by atoms with Crippen LogP contribution in [0.5, 0.6) is 5.88 Å². The fourth-order valence-corrected chi connectivity index (χ4v) is 2.03. The number of rotatable bonds is 1. The van der Waals surface area contributed by atoms with E-state index >= 15 is 0 Å². The molecule has 2 aromatic heterocycles. The van der Waals surface area contributed by atoms with Gasteiger partial charge in [0.05, 0.1) is 5.69 Å². The number of nitrogens with zero attached hydrogens (tertiary/aromatic N) is 3. The minimum absolute atomic E-state index is 0.0909. The monoisotopic (exact) mass is 263 g/mol. The van der Waals surface area contributed by atoms with Gasteiger partial charge in [-0.15, -0.1) is 0 Å². The van der Waals surface area contributed by atoms with Crippen LogP contribution in [0.4, 0.5) is 4.39 Å². The fourth-order valence-electron chi connectivity index (χ4n) is 1.77. The van der Waals surface area contributed by atoms with E-state index in [0.717, 1.165) is 0 Å². The largest absolute Gasteiger partial charge is 0.493 e. The van der Waals surface area contributed by atoms with E-state index in [0.29, 0.717) is 11.2 Å². The highest BCUT2D eigenvalue weighted by molar-refractivity contribution is 6.29. The SMILES string of the molecule is Oc1ccc2nc(Cl)n(-c3ccccc3F)c2n1. The molecule has 3 rings (SSSR count). The highest BCUT2D eigenvalue weighted by atomic mass is 35.5. The van der Waals surface area contributed by atoms with Gasteiger partial charge in [0.15, 0.2) is 5.65 Å². The summed E-state index contributed by atoms with van der Waals surface area (Å²) < 4.78 is 15.1. The normalized spacial score (nSPS) is 11.0. The van der Waals surface area contributed by atoms with Crippen LogP contribution in [0, 0.1) is 5.82 Å². The van der Waals surface area contributed by atoms with E-state index in [1.807, 2.05) is 0 Å². The van der Waals surface area contributed by atoms with Crippen LogP contribution in [0.15, 0.2) is 36.4 Å². The minimum Gasteiger partial charge on any atom is -0.493 e. The molecule has 0 radical (unpaired) electrons. The van der Waals surface area contributed by atoms with Gasteiger partial charge in [-0.3, -0.25) is 4.57 Å². The summed E-state index contributed by atoms with van der Waals surface area (Å²) in [6.07, 6.45) is 0. The summed E-state index contributed by atoms with van der Waals surface area (Å²) in [5, 5.41) is 9.48. The Morgan fingerprint density at radius 3 is 2.67 bits per heavy atom. The minimum atomic E-state index is -0.441. The van der Waals surface area contributed by atoms with Gasteiger partial charge >= 0.3 is 0 Å². The van der Waals surface area contributed by atoms with E-state index in [9.17, 15) is 9.50 Å². The van der Waals surface area contributed by atoms with Gasteiger partial charge in [0.1, 0.15) is 11.3 Å². The quantitative estimate of drug-likeness (QED) is 0.734. The lowest BCUT2D eigenvalue weighted by Gasteiger charge is -2.05. The van der Waals surface area contributed by atoms with Crippen molar-refractivity contribution in [3.05, 3.63) is 47.5 Å². The van der Waals surface area contributed by atoms with Crippen molar-refractivity contribution in [2.24, 2.45) is 0 Å². The first kappa shape index (κ1) is 11.0. The lowest BCUT2D eigenvalue weighted by atomic mass is 10.3. The number of halogens is 2. The Hall–Kier alpha value is -2.14. The Labute approximate surface area is 106 Å². The van der Waals surface area contributed by atoms with E-state index in [4.69, 9.17) is 11.6 Å². The standard InChI is InChI=1S/C12H7ClFN3O/c13-12-15-8-5-6-10(18)16-11(8)17(12)9-4-2-1-3-7(9)14/h1-6H,(H,16,18). The van der Waals surface area contributed by atoms with Gasteiger partial charge < -0.3 is 5.11 Å². The molecule has 0 fully saturated rings. The highest BCUT2D eigenvalue weighted by Gasteiger charge is 2.15. The molecule has 0 spiro atoms. The molecule has 4 nitrogen and oxygen atoms in total. The number of hydrogen-bond acceptors (Lipinski definition) is 3. The maximum Gasteiger partial charge on any atom is 0.212 e. The van der Waals surface area contributed by atoms with Crippen LogP contribution in [0.3, 0.4) is 0 Å². The molecular weight excluding hydrogens is 257 g/mol. The average Bonchev–Trinajstić information content (AvgIpc) is 2.66. The summed E-state index contributed by atoms with van der Waals surface area (Å²) in [6.45, 7) is 0. The predicted molar refractivity (Wildman–Crippen MR) is 65.5 cm³/mol. The molecule has 0 atom stereocenters. The molecule has 0 aliphatic rings. The molecule has 1 N–H and O–H groups in total. The Kier molecular flexibility index (Phi) is 2.41. The number of benzene rings is 1. The molecule has 0 bridgehead atoms. The molecule has 0 aliphatic heterocycles. The number of aromatic hydroxyl groups is 1. The second-order valence-electron chi connectivity index (χ2n) is 3.68. The van der Waals surface area contributed by atoms with E-state index in [1.54, 1.807) is 24.3 Å².